The van der Waals surface area contributed by atoms with Gasteiger partial charge in [-0.2, -0.15) is 0 Å². The maximum Gasteiger partial charge on any atom is 0.314 e. The Kier molecular flexibility index (Phi) is 6.32. The van der Waals surface area contributed by atoms with Gasteiger partial charge in [0.25, 0.3) is 0 Å². The van der Waals surface area contributed by atoms with Crippen molar-refractivity contribution in [1.29, 1.82) is 0 Å². The van der Waals surface area contributed by atoms with Crippen molar-refractivity contribution in [3.63, 3.8) is 0 Å². The fraction of sp³-hybridized carbons (Fsp3) is 0.533. The molecule has 22 heavy (non-hydrogen) atoms. The molecule has 3 atom stereocenters. The molecule has 0 spiro atoms. The summed E-state index contributed by atoms with van der Waals surface area (Å²) in [6.45, 7) is 0.937. The number of methoxy groups -OCH3 is 1. The molecule has 1 aliphatic rings. The summed E-state index contributed by atoms with van der Waals surface area (Å²) in [6, 6.07) is 5.22. The Hall–Kier alpha value is -1.01. The van der Waals surface area contributed by atoms with Crippen LogP contribution in [0.1, 0.15) is 17.9 Å². The molecule has 0 saturated heterocycles. The summed E-state index contributed by atoms with van der Waals surface area (Å²) >= 11 is 12.1. The van der Waals surface area contributed by atoms with Crippen molar-refractivity contribution in [3.8, 4) is 0 Å². The normalized spacial score (nSPS) is 21.3. The number of amides is 2. The summed E-state index contributed by atoms with van der Waals surface area (Å²) in [6.07, 6.45) is 0.297. The second kappa shape index (κ2) is 8.02. The predicted octanol–water partition coefficient (Wildman–Crippen LogP) is 2.40. The number of ether oxygens (including phenoxy) is 1. The Morgan fingerprint density at radius 2 is 2.23 bits per heavy atom. The molecule has 1 aliphatic carbocycles. The van der Waals surface area contributed by atoms with Crippen LogP contribution in [0.15, 0.2) is 18.2 Å². The second-order valence-corrected chi connectivity index (χ2v) is 6.31. The van der Waals surface area contributed by atoms with E-state index in [-0.39, 0.29) is 19.2 Å². The molecule has 2 amide bonds. The van der Waals surface area contributed by atoms with E-state index in [4.69, 9.17) is 27.9 Å². The molecular formula is C15H20Cl2N2O3. The van der Waals surface area contributed by atoms with Crippen LogP contribution in [0.3, 0.4) is 0 Å². The first-order valence-corrected chi connectivity index (χ1v) is 7.90. The Morgan fingerprint density at radius 1 is 1.45 bits per heavy atom. The zero-order chi connectivity index (χ0) is 16.1. The fourth-order valence-corrected chi connectivity index (χ4v) is 2.95. The van der Waals surface area contributed by atoms with Gasteiger partial charge in [-0.3, -0.25) is 0 Å². The van der Waals surface area contributed by atoms with Crippen LogP contribution in [0.2, 0.25) is 10.0 Å². The smallest absolute Gasteiger partial charge is 0.314 e. The summed E-state index contributed by atoms with van der Waals surface area (Å²) in [5.41, 5.74) is 1.08. The van der Waals surface area contributed by atoms with E-state index in [1.807, 2.05) is 12.1 Å². The van der Waals surface area contributed by atoms with Crippen molar-refractivity contribution in [2.75, 3.05) is 26.8 Å². The average Bonchev–Trinajstić information content (AvgIpc) is 3.22. The lowest BCUT2D eigenvalue weighted by Gasteiger charge is -2.11. The van der Waals surface area contributed by atoms with Crippen LogP contribution in [0, 0.1) is 5.92 Å². The van der Waals surface area contributed by atoms with Gasteiger partial charge in [-0.15, -0.1) is 0 Å². The number of benzene rings is 1. The van der Waals surface area contributed by atoms with Gasteiger partial charge >= 0.3 is 6.03 Å². The van der Waals surface area contributed by atoms with Gasteiger partial charge in [-0.05, 0) is 36.0 Å². The number of aliphatic hydroxyl groups is 1. The van der Waals surface area contributed by atoms with E-state index in [2.05, 4.69) is 10.6 Å². The van der Waals surface area contributed by atoms with Crippen molar-refractivity contribution in [2.45, 2.75) is 18.4 Å². The molecule has 1 aromatic rings. The highest BCUT2D eigenvalue weighted by molar-refractivity contribution is 6.35. The zero-order valence-electron chi connectivity index (χ0n) is 12.3. The minimum Gasteiger partial charge on any atom is -0.389 e. The van der Waals surface area contributed by atoms with E-state index in [0.717, 1.165) is 12.0 Å². The monoisotopic (exact) mass is 346 g/mol. The molecule has 0 radical (unpaired) electrons. The lowest BCUT2D eigenvalue weighted by atomic mass is 10.1. The molecule has 1 aromatic carbocycles. The first-order chi connectivity index (χ1) is 10.5. The quantitative estimate of drug-likeness (QED) is 0.709. The summed E-state index contributed by atoms with van der Waals surface area (Å²) in [7, 11) is 1.50. The van der Waals surface area contributed by atoms with Gasteiger partial charge in [0.15, 0.2) is 0 Å². The molecule has 0 aromatic heterocycles. The van der Waals surface area contributed by atoms with Crippen LogP contribution < -0.4 is 10.6 Å². The SMILES string of the molecule is COC[C@H](O)CNC(=O)NC[C@@H]1C[C@H]1c1ccc(Cl)cc1Cl. The molecule has 7 heteroatoms. The number of carbonyl (C=O) groups is 1. The summed E-state index contributed by atoms with van der Waals surface area (Å²) in [4.78, 5) is 11.6. The minimum absolute atomic E-state index is 0.163. The van der Waals surface area contributed by atoms with Crippen molar-refractivity contribution in [2.24, 2.45) is 5.92 Å². The number of nitrogens with one attached hydrogen (secondary N) is 2. The van der Waals surface area contributed by atoms with Crippen LogP contribution in [0.4, 0.5) is 4.79 Å². The van der Waals surface area contributed by atoms with Crippen LogP contribution in [-0.4, -0.2) is 44.0 Å². The van der Waals surface area contributed by atoms with Gasteiger partial charge in [0, 0.05) is 30.2 Å². The summed E-state index contributed by atoms with van der Waals surface area (Å²) in [5.74, 6) is 0.748. The minimum atomic E-state index is -0.697. The van der Waals surface area contributed by atoms with Gasteiger partial charge in [-0.25, -0.2) is 4.79 Å². The van der Waals surface area contributed by atoms with Gasteiger partial charge < -0.3 is 20.5 Å². The van der Waals surface area contributed by atoms with E-state index in [1.165, 1.54) is 7.11 Å². The lowest BCUT2D eigenvalue weighted by Crippen LogP contribution is -2.41. The molecule has 3 N–H and O–H groups in total. The second-order valence-electron chi connectivity index (χ2n) is 5.47. The van der Waals surface area contributed by atoms with E-state index in [1.54, 1.807) is 6.07 Å². The third-order valence-corrected chi connectivity index (χ3v) is 4.23. The number of urea groups is 1. The van der Waals surface area contributed by atoms with E-state index < -0.39 is 6.10 Å². The van der Waals surface area contributed by atoms with Crippen molar-refractivity contribution in [1.82, 2.24) is 10.6 Å². The summed E-state index contributed by atoms with van der Waals surface area (Å²) < 4.78 is 4.78. The van der Waals surface area contributed by atoms with E-state index in [9.17, 15) is 9.90 Å². The highest BCUT2D eigenvalue weighted by atomic mass is 35.5. The Labute approximate surface area is 139 Å². The van der Waals surface area contributed by atoms with Gasteiger partial charge in [0.2, 0.25) is 0 Å². The molecule has 0 unspecified atom stereocenters. The van der Waals surface area contributed by atoms with Crippen molar-refractivity contribution in [3.05, 3.63) is 33.8 Å². The maximum atomic E-state index is 11.6. The Balaban J connectivity index is 1.70. The Bertz CT molecular complexity index is 528. The first kappa shape index (κ1) is 17.3. The molecule has 0 bridgehead atoms. The number of hydrogen-bond acceptors (Lipinski definition) is 3. The number of hydrogen-bond donors (Lipinski definition) is 3. The number of aliphatic hydroxyl groups excluding tert-OH is 1. The largest absolute Gasteiger partial charge is 0.389 e. The van der Waals surface area contributed by atoms with Gasteiger partial charge in [0.05, 0.1) is 12.7 Å². The Morgan fingerprint density at radius 3 is 2.91 bits per heavy atom. The zero-order valence-corrected chi connectivity index (χ0v) is 13.8. The molecule has 5 nitrogen and oxygen atoms in total. The molecule has 0 heterocycles. The molecule has 122 valence electrons. The number of rotatable bonds is 7. The number of carbonyl (C=O) groups excluding carboxylic acids is 1. The van der Waals surface area contributed by atoms with Crippen LogP contribution in [0.25, 0.3) is 0 Å². The average molecular weight is 347 g/mol. The molecule has 0 aliphatic heterocycles. The first-order valence-electron chi connectivity index (χ1n) is 7.15. The van der Waals surface area contributed by atoms with E-state index >= 15 is 0 Å². The standard InChI is InChI=1S/C15H20Cl2N2O3/c1-22-8-11(20)7-19-15(21)18-6-9-4-13(9)12-3-2-10(16)5-14(12)17/h2-3,5,9,11,13,20H,4,6-8H2,1H3,(H2,18,19,21)/t9-,11+,13+/m0/s1. The highest BCUT2D eigenvalue weighted by Crippen LogP contribution is 2.49. The van der Waals surface area contributed by atoms with Gasteiger partial charge in [0.1, 0.15) is 0 Å². The topological polar surface area (TPSA) is 70.6 Å². The third-order valence-electron chi connectivity index (χ3n) is 3.67. The predicted molar refractivity (Wildman–Crippen MR) is 86.6 cm³/mol. The van der Waals surface area contributed by atoms with Gasteiger partial charge in [-0.1, -0.05) is 29.3 Å². The van der Waals surface area contributed by atoms with Crippen LogP contribution >= 0.6 is 23.2 Å². The highest BCUT2D eigenvalue weighted by Gasteiger charge is 2.39. The lowest BCUT2D eigenvalue weighted by molar-refractivity contribution is 0.0660. The number of halogens is 2. The van der Waals surface area contributed by atoms with Crippen molar-refractivity contribution >= 4 is 29.2 Å². The van der Waals surface area contributed by atoms with Crippen molar-refractivity contribution < 1.29 is 14.6 Å². The van der Waals surface area contributed by atoms with Crippen LogP contribution in [0.5, 0.6) is 0 Å². The third kappa shape index (κ3) is 5.02. The molecule has 1 saturated carbocycles. The summed E-state index contributed by atoms with van der Waals surface area (Å²) in [5, 5.41) is 16.1. The maximum absolute atomic E-state index is 11.6. The molecule has 2 rings (SSSR count). The van der Waals surface area contributed by atoms with E-state index in [0.29, 0.717) is 28.4 Å². The fourth-order valence-electron chi connectivity index (χ4n) is 2.40. The molecule has 1 fully saturated rings. The van der Waals surface area contributed by atoms with Crippen LogP contribution in [-0.2, 0) is 4.74 Å². The molecular weight excluding hydrogens is 327 g/mol.